The van der Waals surface area contributed by atoms with Gasteiger partial charge in [-0.05, 0) is 37.1 Å². The van der Waals surface area contributed by atoms with Crippen molar-refractivity contribution in [2.24, 2.45) is 0 Å². The van der Waals surface area contributed by atoms with Crippen LogP contribution in [0.5, 0.6) is 17.2 Å². The first-order valence-electron chi connectivity index (χ1n) is 14.2. The van der Waals surface area contributed by atoms with Crippen molar-refractivity contribution in [3.05, 3.63) is 102 Å². The van der Waals surface area contributed by atoms with Gasteiger partial charge in [-0.15, -0.1) is 0 Å². The molecule has 0 saturated carbocycles. The summed E-state index contributed by atoms with van der Waals surface area (Å²) in [6.07, 6.45) is 11.5. The molecule has 2 aliphatic heterocycles. The highest BCUT2D eigenvalue weighted by molar-refractivity contribution is 6.33. The van der Waals surface area contributed by atoms with Gasteiger partial charge in [0.05, 0.1) is 12.7 Å². The Morgan fingerprint density at radius 1 is 0.522 bits per heavy atom. The zero-order valence-electron chi connectivity index (χ0n) is 24.4. The van der Waals surface area contributed by atoms with Gasteiger partial charge in [-0.3, -0.25) is 29.0 Å². The minimum absolute atomic E-state index is 0. The molecule has 0 bridgehead atoms. The molecule has 0 aliphatic carbocycles. The number of phenolic OH excluding ortho intramolecular Hbond substituents is 3. The number of rotatable bonds is 8. The van der Waals surface area contributed by atoms with Crippen LogP contribution in [0, 0.1) is 0 Å². The summed E-state index contributed by atoms with van der Waals surface area (Å²) in [7, 11) is 0. The third-order valence-corrected chi connectivity index (χ3v) is 7.66. The fourth-order valence-electron chi connectivity index (χ4n) is 5.62. The van der Waals surface area contributed by atoms with Gasteiger partial charge in [0.1, 0.15) is 17.2 Å². The predicted molar refractivity (Wildman–Crippen MR) is 163 cm³/mol. The molecule has 0 spiro atoms. The van der Waals surface area contributed by atoms with Crippen LogP contribution in [0.2, 0.25) is 0 Å². The summed E-state index contributed by atoms with van der Waals surface area (Å²) >= 11 is 0. The lowest BCUT2D eigenvalue weighted by atomic mass is 9.86. The molecule has 5 aromatic rings. The van der Waals surface area contributed by atoms with Gasteiger partial charge < -0.3 is 29.9 Å². The Balaban J connectivity index is 0.000000362. The molecule has 0 fully saturated rings. The Hall–Kier alpha value is -6.02. The number of aryl methyl sites for hydroxylation is 2. The normalized spacial score (nSPS) is 13.5. The van der Waals surface area contributed by atoms with Crippen LogP contribution >= 0.6 is 0 Å². The summed E-state index contributed by atoms with van der Waals surface area (Å²) in [5.41, 5.74) is 1.34. The van der Waals surface area contributed by atoms with Crippen molar-refractivity contribution >= 4 is 34.4 Å². The Kier molecular flexibility index (Phi) is 8.82. The number of carbonyl (C=O) groups is 4. The topological polar surface area (TPSA) is 203 Å². The molecule has 14 nitrogen and oxygen atoms in total. The van der Waals surface area contributed by atoms with Gasteiger partial charge in [0.2, 0.25) is 0 Å². The number of hydrogen-bond donors (Lipinski definition) is 3. The zero-order valence-corrected chi connectivity index (χ0v) is 24.4. The molecule has 4 amide bonds. The number of aromatic hydroxyl groups is 3. The highest BCUT2D eigenvalue weighted by Crippen LogP contribution is 2.38. The molecule has 0 unspecified atom stereocenters. The number of amides is 4. The van der Waals surface area contributed by atoms with Gasteiger partial charge in [0.25, 0.3) is 23.6 Å². The lowest BCUT2D eigenvalue weighted by Gasteiger charge is -2.32. The third kappa shape index (κ3) is 5.88. The third-order valence-electron chi connectivity index (χ3n) is 7.66. The maximum atomic E-state index is 13.3. The second kappa shape index (κ2) is 12.9. The summed E-state index contributed by atoms with van der Waals surface area (Å²) in [6.45, 7) is 1.75. The van der Waals surface area contributed by atoms with Crippen molar-refractivity contribution in [2.75, 3.05) is 13.1 Å². The molecule has 2 aromatic heterocycles. The molecule has 2 aliphatic rings. The van der Waals surface area contributed by atoms with E-state index in [9.17, 15) is 19.2 Å². The number of imide groups is 2. The summed E-state index contributed by atoms with van der Waals surface area (Å²) in [6, 6.07) is 9.80. The lowest BCUT2D eigenvalue weighted by Crippen LogP contribution is -2.44. The van der Waals surface area contributed by atoms with E-state index in [-0.39, 0.29) is 35.8 Å². The number of imidazole rings is 2. The predicted octanol–water partition coefficient (Wildman–Crippen LogP) is 2.58. The van der Waals surface area contributed by atoms with Gasteiger partial charge >= 0.3 is 0 Å². The highest BCUT2D eigenvalue weighted by atomic mass is 16.3. The van der Waals surface area contributed by atoms with Crippen LogP contribution in [-0.4, -0.2) is 86.4 Å². The van der Waals surface area contributed by atoms with Crippen LogP contribution < -0.4 is 0 Å². The second-order valence-electron chi connectivity index (χ2n) is 10.6. The van der Waals surface area contributed by atoms with E-state index < -0.39 is 23.6 Å². The van der Waals surface area contributed by atoms with Crippen molar-refractivity contribution in [1.29, 1.82) is 0 Å². The molecule has 46 heavy (non-hydrogen) atoms. The molecule has 236 valence electrons. The molecule has 5 N–H and O–H groups in total. The molecule has 7 rings (SSSR count). The Labute approximate surface area is 261 Å². The number of phenols is 3. The molecule has 0 atom stereocenters. The summed E-state index contributed by atoms with van der Waals surface area (Å²) < 4.78 is 3.77. The minimum atomic E-state index is -0.413. The van der Waals surface area contributed by atoms with Crippen molar-refractivity contribution < 1.29 is 40.0 Å². The average Bonchev–Trinajstić information content (AvgIpc) is 3.73. The number of carbonyl (C=O) groups excluding carboxylic acids is 4. The number of nitrogens with zero attached hydrogens (tertiary/aromatic N) is 6. The smallest absolute Gasteiger partial charge is 0.261 e. The molecular weight excluding hydrogens is 596 g/mol. The Morgan fingerprint density at radius 3 is 1.13 bits per heavy atom. The van der Waals surface area contributed by atoms with Crippen LogP contribution in [0.4, 0.5) is 0 Å². The van der Waals surface area contributed by atoms with Gasteiger partial charge in [0.15, 0.2) is 0 Å². The van der Waals surface area contributed by atoms with E-state index in [0.717, 1.165) is 18.2 Å². The Bertz CT molecular complexity index is 1700. The lowest BCUT2D eigenvalue weighted by molar-refractivity contribution is 0.0585. The van der Waals surface area contributed by atoms with Crippen molar-refractivity contribution in [3.8, 4) is 17.2 Å². The molecule has 3 aromatic carbocycles. The number of aromatic nitrogens is 4. The van der Waals surface area contributed by atoms with E-state index in [1.165, 1.54) is 9.80 Å². The maximum absolute atomic E-state index is 13.3. The summed E-state index contributed by atoms with van der Waals surface area (Å²) in [5.74, 6) is -2.09. The first kappa shape index (κ1) is 31.4. The van der Waals surface area contributed by atoms with Gasteiger partial charge in [-0.1, -0.05) is 0 Å². The highest BCUT2D eigenvalue weighted by Gasteiger charge is 2.39. The molecule has 0 saturated heterocycles. The van der Waals surface area contributed by atoms with E-state index >= 15 is 0 Å². The molecule has 0 radical (unpaired) electrons. The standard InChI is InChI=1S/C26H22N6O4.C6H6O3.H2O/c33-23-17-3-5-19-22-20(26(36)32(25(19)35)12-2-10-30-14-8-28-16-30)6-4-18(21(17)22)24(34)31(23)11-1-9-29-13-7-27-15-29;7-4-1-5(8)3-6(9)2-4;/h3-8,13-16H,1-2,9-12H2;1-3,7-9H;1H2. The quantitative estimate of drug-likeness (QED) is 0.216. The van der Waals surface area contributed by atoms with E-state index in [1.54, 1.807) is 49.3 Å². The van der Waals surface area contributed by atoms with Crippen LogP contribution in [0.25, 0.3) is 10.8 Å². The fourth-order valence-corrected chi connectivity index (χ4v) is 5.62. The monoisotopic (exact) mass is 626 g/mol. The van der Waals surface area contributed by atoms with Gasteiger partial charge in [-0.25, -0.2) is 9.97 Å². The van der Waals surface area contributed by atoms with Crippen molar-refractivity contribution in [2.45, 2.75) is 25.9 Å². The van der Waals surface area contributed by atoms with Crippen molar-refractivity contribution in [1.82, 2.24) is 28.9 Å². The largest absolute Gasteiger partial charge is 0.508 e. The van der Waals surface area contributed by atoms with Gasteiger partial charge in [0, 0.05) is 102 Å². The van der Waals surface area contributed by atoms with Crippen LogP contribution in [0.1, 0.15) is 54.3 Å². The average molecular weight is 627 g/mol. The molecular formula is C32H30N6O8. The molecule has 14 heteroatoms. The van der Waals surface area contributed by atoms with E-state index in [2.05, 4.69) is 9.97 Å². The fraction of sp³-hybridized carbons (Fsp3) is 0.188. The minimum Gasteiger partial charge on any atom is -0.508 e. The SMILES string of the molecule is O.O=C1c2ccc3c4c(ccc(c24)C(=O)N1CCCn1ccnc1)C(=O)N(CCCn1ccnc1)C3=O.Oc1cc(O)cc(O)c1. The van der Waals surface area contributed by atoms with E-state index in [0.29, 0.717) is 59.0 Å². The second-order valence-corrected chi connectivity index (χ2v) is 10.6. The molecule has 4 heterocycles. The van der Waals surface area contributed by atoms with Gasteiger partial charge in [-0.2, -0.15) is 0 Å². The van der Waals surface area contributed by atoms with Crippen LogP contribution in [-0.2, 0) is 13.1 Å². The van der Waals surface area contributed by atoms with Crippen LogP contribution in [0.15, 0.2) is 79.9 Å². The maximum Gasteiger partial charge on any atom is 0.261 e. The summed E-state index contributed by atoms with van der Waals surface area (Å²) in [5, 5.41) is 26.8. The van der Waals surface area contributed by atoms with E-state index in [4.69, 9.17) is 15.3 Å². The first-order chi connectivity index (χ1) is 21.7. The zero-order chi connectivity index (χ0) is 31.7. The van der Waals surface area contributed by atoms with E-state index in [1.807, 2.05) is 21.5 Å². The first-order valence-corrected chi connectivity index (χ1v) is 14.2. The van der Waals surface area contributed by atoms with Crippen molar-refractivity contribution in [3.63, 3.8) is 0 Å². The summed E-state index contributed by atoms with van der Waals surface area (Å²) in [4.78, 5) is 63.7. The number of benzene rings is 3. The Morgan fingerprint density at radius 2 is 0.848 bits per heavy atom. The number of hydrogen-bond acceptors (Lipinski definition) is 9. The van der Waals surface area contributed by atoms with Crippen LogP contribution in [0.3, 0.4) is 0 Å².